The number of benzene rings is 1. The maximum Gasteiger partial charge on any atom is 0.410 e. The number of fused-ring (bicyclic) bond motifs is 1. The van der Waals surface area contributed by atoms with Crippen LogP contribution in [0.3, 0.4) is 0 Å². The summed E-state index contributed by atoms with van der Waals surface area (Å²) in [6.45, 7) is 8.02. The SMILES string of the molecule is CC(C)(C)OC(=O)N1CCN(C(N)=NCC(O)c2cc3ccccc3s2)CC1. The number of aliphatic hydroxyl groups excluding tert-OH is 1. The number of nitrogens with two attached hydrogens (primary N) is 1. The average molecular weight is 405 g/mol. The van der Waals surface area contributed by atoms with E-state index >= 15 is 0 Å². The Morgan fingerprint density at radius 1 is 1.25 bits per heavy atom. The second-order valence-electron chi connectivity index (χ2n) is 7.86. The molecule has 2 aromatic rings. The Bertz CT molecular complexity index is 817. The van der Waals surface area contributed by atoms with Crippen molar-refractivity contribution < 1.29 is 14.6 Å². The highest BCUT2D eigenvalue weighted by molar-refractivity contribution is 7.19. The summed E-state index contributed by atoms with van der Waals surface area (Å²) in [4.78, 5) is 21.0. The van der Waals surface area contributed by atoms with E-state index in [0.29, 0.717) is 32.1 Å². The zero-order valence-corrected chi connectivity index (χ0v) is 17.4. The van der Waals surface area contributed by atoms with Gasteiger partial charge in [-0.05, 0) is 38.3 Å². The third-order valence-corrected chi connectivity index (χ3v) is 5.67. The highest BCUT2D eigenvalue weighted by Crippen LogP contribution is 2.29. The maximum atomic E-state index is 12.1. The van der Waals surface area contributed by atoms with Crippen LogP contribution in [-0.2, 0) is 4.74 Å². The molecular weight excluding hydrogens is 376 g/mol. The molecule has 0 bridgehead atoms. The lowest BCUT2D eigenvalue weighted by Gasteiger charge is -2.36. The summed E-state index contributed by atoms with van der Waals surface area (Å²) in [5.41, 5.74) is 5.60. The molecular formula is C20H28N4O3S. The molecule has 8 heteroatoms. The number of ether oxygens (including phenoxy) is 1. The van der Waals surface area contributed by atoms with Gasteiger partial charge in [0.2, 0.25) is 0 Å². The zero-order valence-electron chi connectivity index (χ0n) is 16.6. The summed E-state index contributed by atoms with van der Waals surface area (Å²) in [6.07, 6.45) is -0.984. The first kappa shape index (κ1) is 20.4. The first-order valence-electron chi connectivity index (χ1n) is 9.42. The maximum absolute atomic E-state index is 12.1. The molecule has 1 aliphatic heterocycles. The van der Waals surface area contributed by atoms with Crippen LogP contribution in [0.5, 0.6) is 0 Å². The molecule has 2 heterocycles. The van der Waals surface area contributed by atoms with Crippen molar-refractivity contribution in [1.82, 2.24) is 9.80 Å². The molecule has 0 aliphatic carbocycles. The molecule has 1 saturated heterocycles. The second-order valence-corrected chi connectivity index (χ2v) is 8.97. The van der Waals surface area contributed by atoms with Crippen LogP contribution in [0.4, 0.5) is 4.79 Å². The van der Waals surface area contributed by atoms with E-state index < -0.39 is 11.7 Å². The highest BCUT2D eigenvalue weighted by atomic mass is 32.1. The van der Waals surface area contributed by atoms with Crippen molar-refractivity contribution in [2.24, 2.45) is 10.7 Å². The number of aliphatic hydroxyl groups is 1. The van der Waals surface area contributed by atoms with Gasteiger partial charge in [-0.15, -0.1) is 11.3 Å². The number of thiophene rings is 1. The van der Waals surface area contributed by atoms with Gasteiger partial charge in [0.1, 0.15) is 11.7 Å². The third-order valence-electron chi connectivity index (χ3n) is 4.45. The third kappa shape index (κ3) is 5.14. The number of carbonyl (C=O) groups excluding carboxylic acids is 1. The summed E-state index contributed by atoms with van der Waals surface area (Å²) in [5.74, 6) is 0.393. The van der Waals surface area contributed by atoms with Gasteiger partial charge < -0.3 is 25.4 Å². The number of carbonyl (C=O) groups is 1. The van der Waals surface area contributed by atoms with Crippen molar-refractivity contribution in [2.45, 2.75) is 32.5 Å². The van der Waals surface area contributed by atoms with Crippen LogP contribution in [0.2, 0.25) is 0 Å². The Morgan fingerprint density at radius 3 is 2.54 bits per heavy atom. The number of aliphatic imine (C=N–C) groups is 1. The van der Waals surface area contributed by atoms with Gasteiger partial charge in [-0.3, -0.25) is 4.99 Å². The first-order valence-corrected chi connectivity index (χ1v) is 10.2. The van der Waals surface area contributed by atoms with Crippen LogP contribution >= 0.6 is 11.3 Å². The lowest BCUT2D eigenvalue weighted by Crippen LogP contribution is -2.53. The van der Waals surface area contributed by atoms with Crippen LogP contribution in [0.25, 0.3) is 10.1 Å². The average Bonchev–Trinajstić information content (AvgIpc) is 3.09. The lowest BCUT2D eigenvalue weighted by molar-refractivity contribution is 0.0186. The van der Waals surface area contributed by atoms with Gasteiger partial charge in [0.05, 0.1) is 6.54 Å². The molecule has 1 aliphatic rings. The molecule has 1 atom stereocenters. The van der Waals surface area contributed by atoms with Crippen molar-refractivity contribution in [1.29, 1.82) is 0 Å². The largest absolute Gasteiger partial charge is 0.444 e. The minimum atomic E-state index is -0.681. The van der Waals surface area contributed by atoms with Gasteiger partial charge >= 0.3 is 6.09 Å². The normalized spacial score (nSPS) is 17.1. The smallest absolute Gasteiger partial charge is 0.410 e. The molecule has 28 heavy (non-hydrogen) atoms. The van der Waals surface area contributed by atoms with Gasteiger partial charge in [0.15, 0.2) is 5.96 Å². The fraction of sp³-hybridized carbons (Fsp3) is 0.500. The van der Waals surface area contributed by atoms with E-state index in [1.165, 1.54) is 0 Å². The van der Waals surface area contributed by atoms with Gasteiger partial charge in [0.25, 0.3) is 0 Å². The fourth-order valence-electron chi connectivity index (χ4n) is 2.98. The highest BCUT2D eigenvalue weighted by Gasteiger charge is 2.26. The number of piperazine rings is 1. The van der Waals surface area contributed by atoms with Crippen molar-refractivity contribution in [3.63, 3.8) is 0 Å². The molecule has 1 fully saturated rings. The van der Waals surface area contributed by atoms with E-state index in [-0.39, 0.29) is 12.6 Å². The van der Waals surface area contributed by atoms with Crippen LogP contribution in [0.1, 0.15) is 31.8 Å². The van der Waals surface area contributed by atoms with E-state index in [1.54, 1.807) is 16.2 Å². The van der Waals surface area contributed by atoms with Crippen molar-refractivity contribution in [2.75, 3.05) is 32.7 Å². The molecule has 152 valence electrons. The predicted molar refractivity (Wildman–Crippen MR) is 113 cm³/mol. The molecule has 0 spiro atoms. The standard InChI is InChI=1S/C20H28N4O3S/c1-20(2,3)27-19(26)24-10-8-23(9-11-24)18(21)22-13-15(25)17-12-14-6-4-5-7-16(14)28-17/h4-7,12,15,25H,8-11,13H2,1-3H3,(H2,21,22). The van der Waals surface area contributed by atoms with Gasteiger partial charge in [-0.25, -0.2) is 4.79 Å². The Hall–Kier alpha value is -2.32. The minimum absolute atomic E-state index is 0.213. The molecule has 1 aromatic carbocycles. The number of hydrogen-bond acceptors (Lipinski definition) is 5. The van der Waals surface area contributed by atoms with E-state index in [9.17, 15) is 9.90 Å². The minimum Gasteiger partial charge on any atom is -0.444 e. The Labute approximate surface area is 169 Å². The number of guanidine groups is 1. The van der Waals surface area contributed by atoms with E-state index in [2.05, 4.69) is 4.99 Å². The Morgan fingerprint density at radius 2 is 1.89 bits per heavy atom. The molecule has 1 unspecified atom stereocenters. The molecule has 7 nitrogen and oxygen atoms in total. The van der Waals surface area contributed by atoms with Crippen LogP contribution in [-0.4, -0.2) is 65.3 Å². The lowest BCUT2D eigenvalue weighted by atomic mass is 10.2. The fourth-order valence-corrected chi connectivity index (χ4v) is 4.02. The Kier molecular flexibility index (Phi) is 6.10. The first-order chi connectivity index (χ1) is 13.2. The molecule has 3 N–H and O–H groups in total. The van der Waals surface area contributed by atoms with E-state index in [0.717, 1.165) is 15.0 Å². The number of rotatable bonds is 3. The molecule has 3 rings (SSSR count). The van der Waals surface area contributed by atoms with E-state index in [4.69, 9.17) is 10.5 Å². The zero-order chi connectivity index (χ0) is 20.3. The van der Waals surface area contributed by atoms with Crippen LogP contribution in [0, 0.1) is 0 Å². The monoisotopic (exact) mass is 404 g/mol. The van der Waals surface area contributed by atoms with E-state index in [1.807, 2.05) is 56.0 Å². The Balaban J connectivity index is 1.52. The van der Waals surface area contributed by atoms with Gasteiger partial charge in [-0.2, -0.15) is 0 Å². The summed E-state index contributed by atoms with van der Waals surface area (Å²) in [7, 11) is 0. The number of nitrogens with zero attached hydrogens (tertiary/aromatic N) is 3. The van der Waals surface area contributed by atoms with Crippen molar-refractivity contribution in [3.05, 3.63) is 35.2 Å². The molecule has 1 aromatic heterocycles. The quantitative estimate of drug-likeness (QED) is 0.606. The summed E-state index contributed by atoms with van der Waals surface area (Å²) in [5, 5.41) is 11.6. The summed E-state index contributed by atoms with van der Waals surface area (Å²) >= 11 is 1.57. The summed E-state index contributed by atoms with van der Waals surface area (Å²) in [6, 6.07) is 10.0. The van der Waals surface area contributed by atoms with Crippen molar-refractivity contribution in [3.8, 4) is 0 Å². The van der Waals surface area contributed by atoms with Crippen LogP contribution < -0.4 is 5.73 Å². The molecule has 1 amide bonds. The van der Waals surface area contributed by atoms with Gasteiger partial charge in [-0.1, -0.05) is 18.2 Å². The predicted octanol–water partition coefficient (Wildman–Crippen LogP) is 2.80. The van der Waals surface area contributed by atoms with Gasteiger partial charge in [0, 0.05) is 35.8 Å². The van der Waals surface area contributed by atoms with Crippen molar-refractivity contribution >= 4 is 33.5 Å². The second kappa shape index (κ2) is 8.36. The number of hydrogen-bond donors (Lipinski definition) is 2. The molecule has 0 saturated carbocycles. The number of amides is 1. The van der Waals surface area contributed by atoms with Crippen LogP contribution in [0.15, 0.2) is 35.3 Å². The molecule has 0 radical (unpaired) electrons. The summed E-state index contributed by atoms with van der Waals surface area (Å²) < 4.78 is 6.55. The topological polar surface area (TPSA) is 91.4 Å².